The quantitative estimate of drug-likeness (QED) is 0.734. The number of ether oxygens (including phenoxy) is 1. The zero-order valence-electron chi connectivity index (χ0n) is 13.3. The highest BCUT2D eigenvalue weighted by Crippen LogP contribution is 2.23. The maximum atomic E-state index is 12.3. The summed E-state index contributed by atoms with van der Waals surface area (Å²) in [4.78, 5) is 28.4. The number of esters is 1. The van der Waals surface area contributed by atoms with Crippen LogP contribution in [0.4, 0.5) is 5.69 Å². The third-order valence-corrected chi connectivity index (χ3v) is 4.30. The number of nitrogens with one attached hydrogen (secondary N) is 1. The number of rotatable bonds is 4. The maximum absolute atomic E-state index is 12.3. The highest BCUT2D eigenvalue weighted by atomic mass is 32.1. The molecule has 0 bridgehead atoms. The van der Waals surface area contributed by atoms with Crippen LogP contribution in [0.5, 0.6) is 0 Å². The van der Waals surface area contributed by atoms with Crippen LogP contribution in [0, 0.1) is 6.92 Å². The van der Waals surface area contributed by atoms with Gasteiger partial charge < -0.3 is 10.1 Å². The molecule has 122 valence electrons. The Bertz CT molecular complexity index is 899. The molecular weight excluding hydrogens is 324 g/mol. The first-order valence-corrected chi connectivity index (χ1v) is 8.34. The molecule has 1 atom stereocenters. The van der Waals surface area contributed by atoms with Crippen LogP contribution in [0.3, 0.4) is 0 Å². The van der Waals surface area contributed by atoms with Crippen LogP contribution in [-0.4, -0.2) is 23.0 Å². The van der Waals surface area contributed by atoms with E-state index in [9.17, 15) is 9.59 Å². The predicted molar refractivity (Wildman–Crippen MR) is 94.3 cm³/mol. The van der Waals surface area contributed by atoms with Crippen molar-refractivity contribution in [3.63, 3.8) is 0 Å². The van der Waals surface area contributed by atoms with Gasteiger partial charge in [-0.25, -0.2) is 9.78 Å². The van der Waals surface area contributed by atoms with Crippen molar-refractivity contribution in [3.8, 4) is 0 Å². The average molecular weight is 340 g/mol. The van der Waals surface area contributed by atoms with E-state index in [1.54, 1.807) is 12.3 Å². The Balaban J connectivity index is 1.71. The Hall–Kier alpha value is -2.73. The molecule has 0 aliphatic carbocycles. The minimum Gasteiger partial charge on any atom is -0.448 e. The lowest BCUT2D eigenvalue weighted by Crippen LogP contribution is -2.30. The first-order valence-electron chi connectivity index (χ1n) is 7.46. The minimum absolute atomic E-state index is 0.224. The van der Waals surface area contributed by atoms with Crippen LogP contribution >= 0.6 is 11.3 Å². The number of hydrogen-bond donors (Lipinski definition) is 1. The molecule has 5 nitrogen and oxygen atoms in total. The van der Waals surface area contributed by atoms with E-state index in [4.69, 9.17) is 4.74 Å². The highest BCUT2D eigenvalue weighted by molar-refractivity contribution is 7.09. The average Bonchev–Trinajstić information content (AvgIpc) is 3.01. The number of anilines is 1. The van der Waals surface area contributed by atoms with Gasteiger partial charge in [-0.2, -0.15) is 0 Å². The molecule has 6 heteroatoms. The molecule has 3 rings (SSSR count). The van der Waals surface area contributed by atoms with Crippen molar-refractivity contribution in [3.05, 3.63) is 58.5 Å². The number of aromatic nitrogens is 1. The molecule has 0 aliphatic heterocycles. The molecule has 0 fully saturated rings. The third-order valence-electron chi connectivity index (χ3n) is 3.53. The van der Waals surface area contributed by atoms with Gasteiger partial charge in [0.05, 0.1) is 5.01 Å². The molecule has 1 aromatic heterocycles. The van der Waals surface area contributed by atoms with Crippen molar-refractivity contribution in [2.75, 3.05) is 5.32 Å². The molecule has 1 N–H and O–H groups in total. The van der Waals surface area contributed by atoms with Crippen LogP contribution in [0.25, 0.3) is 10.8 Å². The third kappa shape index (κ3) is 3.44. The molecular formula is C18H16N2O3S. The van der Waals surface area contributed by atoms with Gasteiger partial charge in [-0.15, -0.1) is 11.3 Å². The van der Waals surface area contributed by atoms with Crippen molar-refractivity contribution in [2.24, 2.45) is 0 Å². The number of hydrogen-bond acceptors (Lipinski definition) is 5. The summed E-state index contributed by atoms with van der Waals surface area (Å²) in [7, 11) is 0. The summed E-state index contributed by atoms with van der Waals surface area (Å²) in [5, 5.41) is 7.16. The molecule has 0 saturated heterocycles. The van der Waals surface area contributed by atoms with Crippen LogP contribution in [-0.2, 0) is 9.53 Å². The zero-order valence-corrected chi connectivity index (χ0v) is 14.1. The molecule has 2 aromatic carbocycles. The van der Waals surface area contributed by atoms with Gasteiger partial charge in [0.25, 0.3) is 5.91 Å². The van der Waals surface area contributed by atoms with Crippen LogP contribution in [0.1, 0.15) is 22.4 Å². The van der Waals surface area contributed by atoms with Gasteiger partial charge in [0.1, 0.15) is 0 Å². The molecule has 3 aromatic rings. The second-order valence-corrected chi connectivity index (χ2v) is 6.38. The summed E-state index contributed by atoms with van der Waals surface area (Å²) in [5.74, 6) is -0.980. The summed E-state index contributed by atoms with van der Waals surface area (Å²) < 4.78 is 5.19. The lowest BCUT2D eigenvalue weighted by molar-refractivity contribution is -0.123. The van der Waals surface area contributed by atoms with E-state index in [2.05, 4.69) is 10.3 Å². The Kier molecular flexibility index (Phi) is 4.57. The van der Waals surface area contributed by atoms with Gasteiger partial charge in [0.15, 0.2) is 11.8 Å². The molecule has 1 amide bonds. The first-order chi connectivity index (χ1) is 11.5. The summed E-state index contributed by atoms with van der Waals surface area (Å²) in [5.41, 5.74) is 0.910. The smallest absolute Gasteiger partial charge is 0.358 e. The number of thiazole rings is 1. The number of carbonyl (C=O) groups excluding carboxylic acids is 2. The van der Waals surface area contributed by atoms with E-state index in [-0.39, 0.29) is 11.6 Å². The Morgan fingerprint density at radius 1 is 1.17 bits per heavy atom. The lowest BCUT2D eigenvalue weighted by Gasteiger charge is -2.14. The summed E-state index contributed by atoms with van der Waals surface area (Å²) in [6.45, 7) is 3.34. The Morgan fingerprint density at radius 3 is 2.67 bits per heavy atom. The minimum atomic E-state index is -0.918. The van der Waals surface area contributed by atoms with E-state index in [0.29, 0.717) is 5.69 Å². The standard InChI is InChI=1S/C18H16N2O3S/c1-11(23-18(22)16-10-24-12(2)19-16)17(21)20-15-9-5-7-13-6-3-4-8-14(13)15/h3-11H,1-2H3,(H,20,21). The number of nitrogens with zero attached hydrogens (tertiary/aromatic N) is 1. The van der Waals surface area contributed by atoms with Crippen molar-refractivity contribution in [1.82, 2.24) is 4.98 Å². The molecule has 0 saturated carbocycles. The van der Waals surface area contributed by atoms with E-state index in [0.717, 1.165) is 15.8 Å². The van der Waals surface area contributed by atoms with Gasteiger partial charge in [-0.05, 0) is 25.3 Å². The topological polar surface area (TPSA) is 68.3 Å². The second kappa shape index (κ2) is 6.80. The van der Waals surface area contributed by atoms with Crippen molar-refractivity contribution < 1.29 is 14.3 Å². The Labute approximate surface area is 143 Å². The van der Waals surface area contributed by atoms with Crippen molar-refractivity contribution >= 4 is 39.7 Å². The number of aryl methyl sites for hydroxylation is 1. The molecule has 1 heterocycles. The fraction of sp³-hybridized carbons (Fsp3) is 0.167. The van der Waals surface area contributed by atoms with E-state index in [1.807, 2.05) is 42.5 Å². The zero-order chi connectivity index (χ0) is 17.1. The summed E-state index contributed by atoms with van der Waals surface area (Å²) in [6, 6.07) is 13.4. The molecule has 0 spiro atoms. The maximum Gasteiger partial charge on any atom is 0.358 e. The van der Waals surface area contributed by atoms with E-state index < -0.39 is 12.1 Å². The van der Waals surface area contributed by atoms with Gasteiger partial charge in [-0.3, -0.25) is 4.79 Å². The highest BCUT2D eigenvalue weighted by Gasteiger charge is 2.21. The number of fused-ring (bicyclic) bond motifs is 1. The monoisotopic (exact) mass is 340 g/mol. The fourth-order valence-corrected chi connectivity index (χ4v) is 2.88. The SMILES string of the molecule is Cc1nc(C(=O)OC(C)C(=O)Nc2cccc3ccccc23)cs1. The van der Waals surface area contributed by atoms with E-state index in [1.165, 1.54) is 18.3 Å². The van der Waals surface area contributed by atoms with Gasteiger partial charge in [0, 0.05) is 16.5 Å². The van der Waals surface area contributed by atoms with Gasteiger partial charge in [0.2, 0.25) is 0 Å². The van der Waals surface area contributed by atoms with E-state index >= 15 is 0 Å². The lowest BCUT2D eigenvalue weighted by atomic mass is 10.1. The molecule has 1 unspecified atom stereocenters. The fourth-order valence-electron chi connectivity index (χ4n) is 2.30. The predicted octanol–water partition coefficient (Wildman–Crippen LogP) is 3.79. The number of amides is 1. The second-order valence-electron chi connectivity index (χ2n) is 5.32. The normalized spacial score (nSPS) is 11.9. The summed E-state index contributed by atoms with van der Waals surface area (Å²) in [6.07, 6.45) is -0.918. The summed E-state index contributed by atoms with van der Waals surface area (Å²) >= 11 is 1.36. The van der Waals surface area contributed by atoms with Gasteiger partial charge >= 0.3 is 5.97 Å². The van der Waals surface area contributed by atoms with Crippen LogP contribution < -0.4 is 5.32 Å². The number of carbonyl (C=O) groups is 2. The Morgan fingerprint density at radius 2 is 1.92 bits per heavy atom. The largest absolute Gasteiger partial charge is 0.448 e. The molecule has 0 radical (unpaired) electrons. The van der Waals surface area contributed by atoms with Crippen molar-refractivity contribution in [1.29, 1.82) is 0 Å². The molecule has 0 aliphatic rings. The van der Waals surface area contributed by atoms with Crippen molar-refractivity contribution in [2.45, 2.75) is 20.0 Å². The number of benzene rings is 2. The van der Waals surface area contributed by atoms with Gasteiger partial charge in [-0.1, -0.05) is 36.4 Å². The first kappa shape index (κ1) is 16.1. The van der Waals surface area contributed by atoms with Crippen LogP contribution in [0.2, 0.25) is 0 Å². The molecule has 24 heavy (non-hydrogen) atoms. The van der Waals surface area contributed by atoms with Crippen LogP contribution in [0.15, 0.2) is 47.8 Å².